The van der Waals surface area contributed by atoms with Gasteiger partial charge in [-0.25, -0.2) is 0 Å². The maximum absolute atomic E-state index is 8.51. The summed E-state index contributed by atoms with van der Waals surface area (Å²) in [4.78, 5) is 2.27. The number of rotatable bonds is 4. The Balaban J connectivity index is 2.35. The van der Waals surface area contributed by atoms with Crippen LogP contribution in [0.4, 0.5) is 0 Å². The molecule has 0 aromatic rings. The summed E-state index contributed by atoms with van der Waals surface area (Å²) in [5.41, 5.74) is 5.48. The monoisotopic (exact) mass is 219 g/mol. The van der Waals surface area contributed by atoms with Gasteiger partial charge in [-0.15, -0.1) is 0 Å². The Kier molecular flexibility index (Phi) is 5.06. The number of morpholine rings is 1. The molecule has 82 valence electrons. The molecule has 6 heteroatoms. The molecule has 5 nitrogen and oxygen atoms in total. The predicted octanol–water partition coefficient (Wildman–Crippen LogP) is -0.203. The van der Waals surface area contributed by atoms with Gasteiger partial charge in [0, 0.05) is 25.4 Å². The minimum absolute atomic E-state index is 0.166. The number of hydrogen-bond donors (Lipinski definition) is 2. The summed E-state index contributed by atoms with van der Waals surface area (Å²) >= 11 is 1.82. The van der Waals surface area contributed by atoms with Crippen molar-refractivity contribution in [1.29, 1.82) is 0 Å². The summed E-state index contributed by atoms with van der Waals surface area (Å²) in [6.45, 7) is 3.32. The topological polar surface area (TPSA) is 71.1 Å². The van der Waals surface area contributed by atoms with Gasteiger partial charge < -0.3 is 15.7 Å². The van der Waals surface area contributed by atoms with E-state index in [2.05, 4.69) is 16.3 Å². The first-order valence-electron chi connectivity index (χ1n) is 4.58. The SMILES string of the molecule is CSCCN1CCOC(C(N)=NO)C1. The van der Waals surface area contributed by atoms with Crippen molar-refractivity contribution in [3.05, 3.63) is 0 Å². The van der Waals surface area contributed by atoms with Crippen molar-refractivity contribution in [3.63, 3.8) is 0 Å². The fourth-order valence-corrected chi connectivity index (χ4v) is 1.81. The molecular formula is C8H17N3O2S. The molecule has 1 unspecified atom stereocenters. The van der Waals surface area contributed by atoms with E-state index in [1.54, 1.807) is 0 Å². The molecule has 0 spiro atoms. The van der Waals surface area contributed by atoms with E-state index < -0.39 is 0 Å². The van der Waals surface area contributed by atoms with E-state index in [0.717, 1.165) is 25.4 Å². The lowest BCUT2D eigenvalue weighted by atomic mass is 10.2. The Morgan fingerprint density at radius 3 is 3.21 bits per heavy atom. The standard InChI is InChI=1S/C8H17N3O2S/c1-14-5-3-11-2-4-13-7(6-11)8(9)10-12/h7,12H,2-6H2,1H3,(H2,9,10). The lowest BCUT2D eigenvalue weighted by Crippen LogP contribution is -2.49. The van der Waals surface area contributed by atoms with Crippen LogP contribution in [0.5, 0.6) is 0 Å². The first kappa shape index (κ1) is 11.6. The van der Waals surface area contributed by atoms with Gasteiger partial charge in [-0.3, -0.25) is 4.90 Å². The molecule has 1 atom stereocenters. The average molecular weight is 219 g/mol. The fourth-order valence-electron chi connectivity index (χ4n) is 1.37. The molecule has 0 bridgehead atoms. The van der Waals surface area contributed by atoms with Gasteiger partial charge in [0.2, 0.25) is 0 Å². The van der Waals surface area contributed by atoms with Crippen LogP contribution in [0.1, 0.15) is 0 Å². The predicted molar refractivity (Wildman–Crippen MR) is 58.0 cm³/mol. The van der Waals surface area contributed by atoms with Gasteiger partial charge in [0.25, 0.3) is 0 Å². The third-order valence-corrected chi connectivity index (χ3v) is 2.80. The maximum atomic E-state index is 8.51. The van der Waals surface area contributed by atoms with Gasteiger partial charge in [0.1, 0.15) is 6.10 Å². The zero-order chi connectivity index (χ0) is 10.4. The first-order chi connectivity index (χ1) is 6.77. The molecule has 1 aliphatic heterocycles. The summed E-state index contributed by atoms with van der Waals surface area (Å²) in [7, 11) is 0. The molecule has 1 heterocycles. The lowest BCUT2D eigenvalue weighted by molar-refractivity contribution is 0.00729. The van der Waals surface area contributed by atoms with Crippen molar-refractivity contribution in [3.8, 4) is 0 Å². The van der Waals surface area contributed by atoms with E-state index in [4.69, 9.17) is 15.7 Å². The average Bonchev–Trinajstić information content (AvgIpc) is 2.25. The van der Waals surface area contributed by atoms with Gasteiger partial charge in [0.05, 0.1) is 6.61 Å². The highest BCUT2D eigenvalue weighted by Crippen LogP contribution is 2.06. The number of hydrogen-bond acceptors (Lipinski definition) is 5. The van der Waals surface area contributed by atoms with Crippen LogP contribution in [0.25, 0.3) is 0 Å². The largest absolute Gasteiger partial charge is 0.409 e. The molecule has 3 N–H and O–H groups in total. The van der Waals surface area contributed by atoms with E-state index in [1.165, 1.54) is 0 Å². The zero-order valence-electron chi connectivity index (χ0n) is 8.35. The summed E-state index contributed by atoms with van der Waals surface area (Å²) < 4.78 is 5.38. The highest BCUT2D eigenvalue weighted by atomic mass is 32.2. The van der Waals surface area contributed by atoms with E-state index in [9.17, 15) is 0 Å². The number of nitrogens with zero attached hydrogens (tertiary/aromatic N) is 2. The molecule has 1 fully saturated rings. The van der Waals surface area contributed by atoms with Crippen molar-refractivity contribution in [1.82, 2.24) is 4.90 Å². The normalized spacial score (nSPS) is 25.2. The molecule has 0 saturated carbocycles. The Bertz CT molecular complexity index is 201. The molecule has 1 aliphatic rings. The van der Waals surface area contributed by atoms with Crippen molar-refractivity contribution in [2.24, 2.45) is 10.9 Å². The van der Waals surface area contributed by atoms with E-state index in [1.807, 2.05) is 11.8 Å². The fraction of sp³-hybridized carbons (Fsp3) is 0.875. The van der Waals surface area contributed by atoms with Crippen LogP contribution >= 0.6 is 11.8 Å². The van der Waals surface area contributed by atoms with Crippen molar-refractivity contribution in [2.75, 3.05) is 38.2 Å². The molecule has 0 aromatic carbocycles. The number of oxime groups is 1. The zero-order valence-corrected chi connectivity index (χ0v) is 9.16. The lowest BCUT2D eigenvalue weighted by Gasteiger charge is -2.31. The highest BCUT2D eigenvalue weighted by molar-refractivity contribution is 7.98. The molecule has 1 saturated heterocycles. The Morgan fingerprint density at radius 2 is 2.57 bits per heavy atom. The van der Waals surface area contributed by atoms with E-state index in [0.29, 0.717) is 6.61 Å². The minimum atomic E-state index is -0.254. The molecule has 0 radical (unpaired) electrons. The number of ether oxygens (including phenoxy) is 1. The smallest absolute Gasteiger partial charge is 0.169 e. The van der Waals surface area contributed by atoms with Crippen molar-refractivity contribution < 1.29 is 9.94 Å². The van der Waals surface area contributed by atoms with Gasteiger partial charge >= 0.3 is 0 Å². The molecule has 0 aromatic heterocycles. The summed E-state index contributed by atoms with van der Waals surface area (Å²) in [6, 6.07) is 0. The molecular weight excluding hydrogens is 202 g/mol. The first-order valence-corrected chi connectivity index (χ1v) is 5.97. The third kappa shape index (κ3) is 3.36. The van der Waals surface area contributed by atoms with Gasteiger partial charge in [0.15, 0.2) is 5.84 Å². The van der Waals surface area contributed by atoms with E-state index >= 15 is 0 Å². The summed E-state index contributed by atoms with van der Waals surface area (Å²) in [5, 5.41) is 11.5. The van der Waals surface area contributed by atoms with Crippen LogP contribution in [0, 0.1) is 0 Å². The number of nitrogens with two attached hydrogens (primary N) is 1. The number of amidine groups is 1. The quantitative estimate of drug-likeness (QED) is 0.296. The molecule has 0 aliphatic carbocycles. The minimum Gasteiger partial charge on any atom is -0.409 e. The third-order valence-electron chi connectivity index (χ3n) is 2.21. The van der Waals surface area contributed by atoms with Gasteiger partial charge in [-0.05, 0) is 6.26 Å². The van der Waals surface area contributed by atoms with Crippen LogP contribution in [0.3, 0.4) is 0 Å². The summed E-state index contributed by atoms with van der Waals surface area (Å²) in [6.07, 6.45) is 1.83. The van der Waals surface area contributed by atoms with Crippen LogP contribution in [-0.4, -0.2) is 60.3 Å². The van der Waals surface area contributed by atoms with Gasteiger partial charge in [-0.1, -0.05) is 5.16 Å². The van der Waals surface area contributed by atoms with Gasteiger partial charge in [-0.2, -0.15) is 11.8 Å². The van der Waals surface area contributed by atoms with E-state index in [-0.39, 0.29) is 11.9 Å². The second-order valence-corrected chi connectivity index (χ2v) is 4.16. The molecule has 1 rings (SSSR count). The van der Waals surface area contributed by atoms with Crippen LogP contribution in [0.15, 0.2) is 5.16 Å². The Hall–Kier alpha value is -0.460. The van der Waals surface area contributed by atoms with Crippen LogP contribution < -0.4 is 5.73 Å². The van der Waals surface area contributed by atoms with Crippen LogP contribution in [-0.2, 0) is 4.74 Å². The highest BCUT2D eigenvalue weighted by Gasteiger charge is 2.23. The second kappa shape index (κ2) is 6.10. The van der Waals surface area contributed by atoms with Crippen molar-refractivity contribution >= 4 is 17.6 Å². The van der Waals surface area contributed by atoms with Crippen molar-refractivity contribution in [2.45, 2.75) is 6.10 Å². The Morgan fingerprint density at radius 1 is 1.79 bits per heavy atom. The molecule has 0 amide bonds. The Labute approximate surface area is 88.3 Å². The van der Waals surface area contributed by atoms with Crippen LogP contribution in [0.2, 0.25) is 0 Å². The number of thioether (sulfide) groups is 1. The summed E-state index contributed by atoms with van der Waals surface area (Å²) in [5.74, 6) is 1.27. The second-order valence-electron chi connectivity index (χ2n) is 3.18. The maximum Gasteiger partial charge on any atom is 0.169 e. The molecule has 14 heavy (non-hydrogen) atoms.